The van der Waals surface area contributed by atoms with Gasteiger partial charge in [-0.2, -0.15) is 0 Å². The number of benzene rings is 1. The Morgan fingerprint density at radius 1 is 1.32 bits per heavy atom. The van der Waals surface area contributed by atoms with Crippen LogP contribution in [0.4, 0.5) is 0 Å². The van der Waals surface area contributed by atoms with E-state index in [0.29, 0.717) is 17.8 Å². The molecular formula is C16H17NO2. The Labute approximate surface area is 112 Å². The van der Waals surface area contributed by atoms with Gasteiger partial charge in [0.25, 0.3) is 0 Å². The summed E-state index contributed by atoms with van der Waals surface area (Å²) in [4.78, 5) is 11.6. The first-order valence-electron chi connectivity index (χ1n) is 7.05. The minimum absolute atomic E-state index is 0.257. The van der Waals surface area contributed by atoms with E-state index in [2.05, 4.69) is 23.5 Å². The van der Waals surface area contributed by atoms with Crippen LogP contribution in [0, 0.1) is 11.8 Å². The highest BCUT2D eigenvalue weighted by Gasteiger charge is 2.40. The van der Waals surface area contributed by atoms with Crippen LogP contribution in [0.1, 0.15) is 30.7 Å². The predicted molar refractivity (Wildman–Crippen MR) is 72.8 cm³/mol. The van der Waals surface area contributed by atoms with Gasteiger partial charge in [0.1, 0.15) is 0 Å². The van der Waals surface area contributed by atoms with E-state index < -0.39 is 0 Å². The molecule has 1 aromatic carbocycles. The van der Waals surface area contributed by atoms with Crippen molar-refractivity contribution in [1.82, 2.24) is 5.32 Å². The zero-order chi connectivity index (χ0) is 12.8. The summed E-state index contributed by atoms with van der Waals surface area (Å²) in [6, 6.07) is 6.35. The lowest BCUT2D eigenvalue weighted by Gasteiger charge is -2.04. The van der Waals surface area contributed by atoms with Gasteiger partial charge in [0.2, 0.25) is 5.91 Å². The molecule has 3 nitrogen and oxygen atoms in total. The second-order valence-corrected chi connectivity index (χ2v) is 5.84. The number of amides is 1. The zero-order valence-electron chi connectivity index (χ0n) is 10.8. The molecular weight excluding hydrogens is 238 g/mol. The third-order valence-electron chi connectivity index (χ3n) is 4.36. The third kappa shape index (κ3) is 2.03. The minimum Gasteiger partial charge on any atom is -0.471 e. The molecule has 2 aliphatic rings. The first-order chi connectivity index (χ1) is 9.33. The lowest BCUT2D eigenvalue weighted by molar-refractivity contribution is -0.122. The summed E-state index contributed by atoms with van der Waals surface area (Å²) >= 11 is 0. The molecule has 98 valence electrons. The van der Waals surface area contributed by atoms with Gasteiger partial charge < -0.3 is 9.73 Å². The molecule has 1 N–H and O–H groups in total. The highest BCUT2D eigenvalue weighted by atomic mass is 16.3. The number of hydrogen-bond acceptors (Lipinski definition) is 2. The second kappa shape index (κ2) is 4.12. The molecule has 1 heterocycles. The van der Waals surface area contributed by atoms with Gasteiger partial charge in [0, 0.05) is 23.2 Å². The Kier molecular flexibility index (Phi) is 2.40. The summed E-state index contributed by atoms with van der Waals surface area (Å²) in [5.74, 6) is 1.76. The molecule has 19 heavy (non-hydrogen) atoms. The maximum atomic E-state index is 11.6. The molecule has 1 amide bonds. The molecule has 1 aromatic heterocycles. The van der Waals surface area contributed by atoms with Gasteiger partial charge in [-0.05, 0) is 36.7 Å². The van der Waals surface area contributed by atoms with Crippen molar-refractivity contribution in [2.75, 3.05) is 6.54 Å². The van der Waals surface area contributed by atoms with E-state index >= 15 is 0 Å². The maximum Gasteiger partial charge on any atom is 0.223 e. The number of nitrogens with one attached hydrogen (secondary N) is 1. The highest BCUT2D eigenvalue weighted by molar-refractivity contribution is 5.85. The minimum atomic E-state index is 0.257. The van der Waals surface area contributed by atoms with Crippen LogP contribution >= 0.6 is 0 Å². The van der Waals surface area contributed by atoms with Gasteiger partial charge >= 0.3 is 0 Å². The van der Waals surface area contributed by atoms with Crippen molar-refractivity contribution >= 4 is 16.7 Å². The SMILES string of the molecule is O=C(NC[C@@H]1C[C@H]1c1cccc2cocc12)C1CC1. The van der Waals surface area contributed by atoms with Crippen molar-refractivity contribution in [3.05, 3.63) is 36.3 Å². The van der Waals surface area contributed by atoms with Crippen molar-refractivity contribution in [2.24, 2.45) is 11.8 Å². The zero-order valence-corrected chi connectivity index (χ0v) is 10.8. The molecule has 0 spiro atoms. The second-order valence-electron chi connectivity index (χ2n) is 5.84. The molecule has 2 aliphatic carbocycles. The summed E-state index contributed by atoms with van der Waals surface area (Å²) in [7, 11) is 0. The summed E-state index contributed by atoms with van der Waals surface area (Å²) in [5, 5.41) is 5.48. The van der Waals surface area contributed by atoms with E-state index in [9.17, 15) is 4.79 Å². The lowest BCUT2D eigenvalue weighted by atomic mass is 10.0. The fraction of sp³-hybridized carbons (Fsp3) is 0.438. The Morgan fingerprint density at radius 3 is 3.05 bits per heavy atom. The molecule has 4 rings (SSSR count). The number of hydrogen-bond donors (Lipinski definition) is 1. The molecule has 2 fully saturated rings. The standard InChI is InChI=1S/C16H17NO2/c18-16(10-4-5-10)17-7-12-6-14(12)13-3-1-2-11-8-19-9-15(11)13/h1-3,8-10,12,14H,4-7H2,(H,17,18)/t12-,14+/m0/s1. The van der Waals surface area contributed by atoms with Gasteiger partial charge in [-0.15, -0.1) is 0 Å². The predicted octanol–water partition coefficient (Wildman–Crippen LogP) is 3.06. The fourth-order valence-electron chi connectivity index (χ4n) is 2.91. The lowest BCUT2D eigenvalue weighted by Crippen LogP contribution is -2.27. The van der Waals surface area contributed by atoms with Gasteiger partial charge in [-0.1, -0.05) is 18.2 Å². The Morgan fingerprint density at radius 2 is 2.21 bits per heavy atom. The molecule has 0 aliphatic heterocycles. The molecule has 0 bridgehead atoms. The van der Waals surface area contributed by atoms with Gasteiger partial charge in [-0.3, -0.25) is 4.79 Å². The molecule has 0 unspecified atom stereocenters. The summed E-state index contributed by atoms with van der Waals surface area (Å²) in [5.41, 5.74) is 1.37. The van der Waals surface area contributed by atoms with Crippen LogP contribution in [0.15, 0.2) is 35.1 Å². The molecule has 0 radical (unpaired) electrons. The average molecular weight is 255 g/mol. The number of carbonyl (C=O) groups excluding carboxylic acids is 1. The van der Waals surface area contributed by atoms with E-state index in [4.69, 9.17) is 4.42 Å². The van der Waals surface area contributed by atoms with E-state index in [0.717, 1.165) is 19.4 Å². The van der Waals surface area contributed by atoms with Gasteiger partial charge in [0.15, 0.2) is 0 Å². The maximum absolute atomic E-state index is 11.6. The summed E-state index contributed by atoms with van der Waals surface area (Å²) in [6.45, 7) is 0.828. The van der Waals surface area contributed by atoms with Crippen LogP contribution < -0.4 is 5.32 Å². The van der Waals surface area contributed by atoms with Crippen LogP contribution in [-0.2, 0) is 4.79 Å². The highest BCUT2D eigenvalue weighted by Crippen LogP contribution is 2.49. The summed E-state index contributed by atoms with van der Waals surface area (Å²) in [6.07, 6.45) is 6.96. The topological polar surface area (TPSA) is 42.2 Å². The number of furan rings is 1. The average Bonchev–Trinajstić information content (AvgIpc) is 3.33. The number of carbonyl (C=O) groups is 1. The van der Waals surface area contributed by atoms with Crippen molar-refractivity contribution in [3.63, 3.8) is 0 Å². The largest absolute Gasteiger partial charge is 0.471 e. The van der Waals surface area contributed by atoms with Crippen LogP contribution in [0.5, 0.6) is 0 Å². The van der Waals surface area contributed by atoms with Crippen molar-refractivity contribution in [1.29, 1.82) is 0 Å². The first-order valence-corrected chi connectivity index (χ1v) is 7.05. The van der Waals surface area contributed by atoms with E-state index in [-0.39, 0.29) is 5.91 Å². The van der Waals surface area contributed by atoms with Crippen LogP contribution in [0.2, 0.25) is 0 Å². The third-order valence-corrected chi connectivity index (χ3v) is 4.36. The Bertz CT molecular complexity index is 626. The molecule has 3 heteroatoms. The van der Waals surface area contributed by atoms with Gasteiger partial charge in [0.05, 0.1) is 12.5 Å². The molecule has 0 saturated heterocycles. The Balaban J connectivity index is 1.44. The fourth-order valence-corrected chi connectivity index (χ4v) is 2.91. The van der Waals surface area contributed by atoms with Crippen LogP contribution in [0.3, 0.4) is 0 Å². The van der Waals surface area contributed by atoms with Crippen molar-refractivity contribution in [3.8, 4) is 0 Å². The van der Waals surface area contributed by atoms with Crippen molar-refractivity contribution in [2.45, 2.75) is 25.2 Å². The molecule has 2 atom stereocenters. The monoisotopic (exact) mass is 255 g/mol. The quantitative estimate of drug-likeness (QED) is 0.912. The van der Waals surface area contributed by atoms with E-state index in [1.807, 2.05) is 6.26 Å². The molecule has 2 aromatic rings. The normalized spacial score (nSPS) is 25.5. The first kappa shape index (κ1) is 11.1. The van der Waals surface area contributed by atoms with Crippen molar-refractivity contribution < 1.29 is 9.21 Å². The smallest absolute Gasteiger partial charge is 0.223 e. The van der Waals surface area contributed by atoms with E-state index in [1.54, 1.807) is 6.26 Å². The van der Waals surface area contributed by atoms with Gasteiger partial charge in [-0.25, -0.2) is 0 Å². The number of fused-ring (bicyclic) bond motifs is 1. The Hall–Kier alpha value is -1.77. The summed E-state index contributed by atoms with van der Waals surface area (Å²) < 4.78 is 5.29. The van der Waals surface area contributed by atoms with Crippen LogP contribution in [-0.4, -0.2) is 12.5 Å². The van der Waals surface area contributed by atoms with Crippen LogP contribution in [0.25, 0.3) is 10.8 Å². The molecule has 2 saturated carbocycles. The van der Waals surface area contributed by atoms with E-state index in [1.165, 1.54) is 22.8 Å². The number of rotatable bonds is 4.